The number of para-hydroxylation sites is 2. The quantitative estimate of drug-likeness (QED) is 0.505. The third-order valence-corrected chi connectivity index (χ3v) is 4.07. The van der Waals surface area contributed by atoms with Gasteiger partial charge >= 0.3 is 0 Å². The van der Waals surface area contributed by atoms with Crippen molar-refractivity contribution in [3.63, 3.8) is 0 Å². The lowest BCUT2D eigenvalue weighted by atomic mass is 10.1. The normalized spacial score (nSPS) is 16.5. The summed E-state index contributed by atoms with van der Waals surface area (Å²) >= 11 is 5.35. The van der Waals surface area contributed by atoms with Crippen LogP contribution in [0.1, 0.15) is 5.56 Å². The van der Waals surface area contributed by atoms with Gasteiger partial charge in [-0.2, -0.15) is 0 Å². The topological polar surface area (TPSA) is 64.0 Å². The molecule has 1 aliphatic heterocycles. The number of aromatic hydroxyl groups is 2. The molecule has 5 nitrogen and oxygen atoms in total. The van der Waals surface area contributed by atoms with Crippen LogP contribution in [-0.4, -0.2) is 33.2 Å². The number of thiocarbonyl (C=S) groups is 1. The van der Waals surface area contributed by atoms with E-state index in [4.69, 9.17) is 12.2 Å². The molecule has 116 valence electrons. The number of hydrogen-bond acceptors (Lipinski definition) is 4. The highest BCUT2D eigenvalue weighted by Gasteiger charge is 2.36. The maximum Gasteiger partial charge on any atom is 0.281 e. The Labute approximate surface area is 138 Å². The third-order valence-electron chi connectivity index (χ3n) is 3.61. The first-order valence-electron chi connectivity index (χ1n) is 6.90. The lowest BCUT2D eigenvalue weighted by Crippen LogP contribution is -2.30. The van der Waals surface area contributed by atoms with Crippen LogP contribution < -0.4 is 4.90 Å². The number of carbonyl (C=O) groups excluding carboxylic acids is 1. The molecule has 0 spiro atoms. The Morgan fingerprint density at radius 1 is 1.04 bits per heavy atom. The van der Waals surface area contributed by atoms with Gasteiger partial charge in [0.1, 0.15) is 5.70 Å². The van der Waals surface area contributed by atoms with Crippen LogP contribution in [0.2, 0.25) is 0 Å². The summed E-state index contributed by atoms with van der Waals surface area (Å²) in [6.07, 6.45) is 1.51. The molecule has 2 N–H and O–H groups in total. The molecule has 1 aliphatic rings. The predicted octanol–water partition coefficient (Wildman–Crippen LogP) is 2.70. The molecule has 0 bridgehead atoms. The summed E-state index contributed by atoms with van der Waals surface area (Å²) < 4.78 is 0. The van der Waals surface area contributed by atoms with E-state index >= 15 is 0 Å². The smallest absolute Gasteiger partial charge is 0.281 e. The van der Waals surface area contributed by atoms with E-state index in [1.165, 1.54) is 17.0 Å². The number of rotatable bonds is 2. The monoisotopic (exact) mass is 326 g/mol. The van der Waals surface area contributed by atoms with Gasteiger partial charge in [0, 0.05) is 12.6 Å². The molecule has 2 aromatic rings. The molecule has 3 rings (SSSR count). The van der Waals surface area contributed by atoms with Crippen LogP contribution in [0, 0.1) is 0 Å². The molecule has 1 saturated heterocycles. The third kappa shape index (κ3) is 2.53. The number of anilines is 1. The Bertz CT molecular complexity index is 818. The number of hydrogen-bond donors (Lipinski definition) is 2. The predicted molar refractivity (Wildman–Crippen MR) is 92.0 cm³/mol. The molecule has 1 amide bonds. The highest BCUT2D eigenvalue weighted by Crippen LogP contribution is 2.33. The van der Waals surface area contributed by atoms with E-state index in [0.717, 1.165) is 0 Å². The molecule has 1 fully saturated rings. The van der Waals surface area contributed by atoms with E-state index in [2.05, 4.69) is 0 Å². The maximum atomic E-state index is 12.7. The molecule has 0 aliphatic carbocycles. The summed E-state index contributed by atoms with van der Waals surface area (Å²) in [7, 11) is 1.69. The van der Waals surface area contributed by atoms with Crippen molar-refractivity contribution >= 4 is 35.0 Å². The minimum atomic E-state index is -0.286. The van der Waals surface area contributed by atoms with Crippen LogP contribution in [0.4, 0.5) is 5.69 Å². The average molecular weight is 326 g/mol. The van der Waals surface area contributed by atoms with Crippen molar-refractivity contribution in [1.82, 2.24) is 4.90 Å². The lowest BCUT2D eigenvalue weighted by Gasteiger charge is -2.16. The molecule has 2 aromatic carbocycles. The van der Waals surface area contributed by atoms with Gasteiger partial charge < -0.3 is 15.1 Å². The summed E-state index contributed by atoms with van der Waals surface area (Å²) in [6.45, 7) is 0. The molecule has 1 heterocycles. The minimum Gasteiger partial charge on any atom is -0.504 e. The summed E-state index contributed by atoms with van der Waals surface area (Å²) in [5.41, 5.74) is 1.34. The van der Waals surface area contributed by atoms with Gasteiger partial charge in [-0.3, -0.25) is 9.69 Å². The molecule has 6 heteroatoms. The van der Waals surface area contributed by atoms with Crippen LogP contribution in [-0.2, 0) is 4.79 Å². The first-order valence-corrected chi connectivity index (χ1v) is 7.31. The number of carbonyl (C=O) groups is 1. The van der Waals surface area contributed by atoms with E-state index in [9.17, 15) is 15.0 Å². The molecular formula is C17H14N2O3S. The van der Waals surface area contributed by atoms with Crippen LogP contribution in [0.3, 0.4) is 0 Å². The Morgan fingerprint density at radius 2 is 1.74 bits per heavy atom. The van der Waals surface area contributed by atoms with Gasteiger partial charge in [0.05, 0.1) is 5.69 Å². The van der Waals surface area contributed by atoms with Gasteiger partial charge in [-0.1, -0.05) is 30.3 Å². The molecular weight excluding hydrogens is 312 g/mol. The summed E-state index contributed by atoms with van der Waals surface area (Å²) in [5.74, 6) is -0.799. The van der Waals surface area contributed by atoms with E-state index in [1.54, 1.807) is 36.2 Å². The van der Waals surface area contributed by atoms with Crippen molar-refractivity contribution in [1.29, 1.82) is 0 Å². The van der Waals surface area contributed by atoms with Crippen molar-refractivity contribution in [2.75, 3.05) is 11.9 Å². The second-order valence-electron chi connectivity index (χ2n) is 5.06. The van der Waals surface area contributed by atoms with E-state index in [0.29, 0.717) is 22.1 Å². The highest BCUT2D eigenvalue weighted by atomic mass is 32.1. The lowest BCUT2D eigenvalue weighted by molar-refractivity contribution is -0.114. The first kappa shape index (κ1) is 15.1. The van der Waals surface area contributed by atoms with Crippen molar-refractivity contribution in [2.45, 2.75) is 0 Å². The van der Waals surface area contributed by atoms with Crippen LogP contribution in [0.25, 0.3) is 6.08 Å². The Hall–Kier alpha value is -2.86. The highest BCUT2D eigenvalue weighted by molar-refractivity contribution is 7.80. The SMILES string of the molecule is CN1C(=S)N(c2ccccc2)C(=O)/C1=C\c1cccc(O)c1O. The number of nitrogens with zero attached hydrogens (tertiary/aromatic N) is 2. The molecule has 0 aromatic heterocycles. The maximum absolute atomic E-state index is 12.7. The van der Waals surface area contributed by atoms with E-state index < -0.39 is 0 Å². The minimum absolute atomic E-state index is 0.241. The Morgan fingerprint density at radius 3 is 2.43 bits per heavy atom. The standard InChI is InChI=1S/C17H14N2O3S/c1-18-13(10-11-6-5-9-14(20)15(11)21)16(22)19(17(18)23)12-7-3-2-4-8-12/h2-10,20-21H,1H3/b13-10+. The molecule has 0 unspecified atom stereocenters. The van der Waals surface area contributed by atoms with E-state index in [1.807, 2.05) is 18.2 Å². The van der Waals surface area contributed by atoms with Crippen LogP contribution in [0.15, 0.2) is 54.2 Å². The summed E-state index contributed by atoms with van der Waals surface area (Å²) in [5, 5.41) is 19.8. The molecule has 23 heavy (non-hydrogen) atoms. The number of phenolic OH excluding ortho intramolecular Hbond substituents is 2. The van der Waals surface area contributed by atoms with Gasteiger partial charge in [-0.15, -0.1) is 0 Å². The van der Waals surface area contributed by atoms with Crippen LogP contribution >= 0.6 is 12.2 Å². The Kier molecular flexibility index (Phi) is 3.75. The summed E-state index contributed by atoms with van der Waals surface area (Å²) in [6, 6.07) is 13.7. The zero-order valence-corrected chi connectivity index (χ0v) is 13.1. The number of phenols is 2. The molecule has 0 saturated carbocycles. The van der Waals surface area contributed by atoms with E-state index in [-0.39, 0.29) is 17.4 Å². The van der Waals surface area contributed by atoms with Crippen LogP contribution in [0.5, 0.6) is 11.5 Å². The second kappa shape index (κ2) is 5.73. The number of amides is 1. The summed E-state index contributed by atoms with van der Waals surface area (Å²) in [4.78, 5) is 15.7. The molecule has 0 atom stereocenters. The van der Waals surface area contributed by atoms with Crippen molar-refractivity contribution in [3.8, 4) is 11.5 Å². The van der Waals surface area contributed by atoms with Crippen molar-refractivity contribution < 1.29 is 15.0 Å². The largest absolute Gasteiger partial charge is 0.504 e. The average Bonchev–Trinajstić information content (AvgIpc) is 2.76. The Balaban J connectivity index is 2.04. The van der Waals surface area contributed by atoms with Gasteiger partial charge in [0.15, 0.2) is 16.6 Å². The fraction of sp³-hybridized carbons (Fsp3) is 0.0588. The van der Waals surface area contributed by atoms with Crippen molar-refractivity contribution in [3.05, 3.63) is 59.8 Å². The molecule has 0 radical (unpaired) electrons. The fourth-order valence-corrected chi connectivity index (χ4v) is 2.66. The number of likely N-dealkylation sites (N-methyl/N-ethyl adjacent to an activating group) is 1. The first-order chi connectivity index (χ1) is 11.0. The van der Waals surface area contributed by atoms with Gasteiger partial charge in [-0.25, -0.2) is 0 Å². The zero-order chi connectivity index (χ0) is 16.6. The fourth-order valence-electron chi connectivity index (χ4n) is 2.37. The van der Waals surface area contributed by atoms with Gasteiger partial charge in [-0.05, 0) is 36.5 Å². The van der Waals surface area contributed by atoms with Crippen molar-refractivity contribution in [2.24, 2.45) is 0 Å². The van der Waals surface area contributed by atoms with Gasteiger partial charge in [0.25, 0.3) is 5.91 Å². The zero-order valence-electron chi connectivity index (χ0n) is 12.3. The second-order valence-corrected chi connectivity index (χ2v) is 5.43. The van der Waals surface area contributed by atoms with Gasteiger partial charge in [0.2, 0.25) is 0 Å². The number of benzene rings is 2.